The van der Waals surface area contributed by atoms with Crippen LogP contribution in [0.25, 0.3) is 0 Å². The first-order chi connectivity index (χ1) is 6.17. The molecule has 0 spiro atoms. The largest absolute Gasteiger partial charge is 0.481 e. The van der Waals surface area contributed by atoms with Crippen LogP contribution in [0.5, 0.6) is 0 Å². The summed E-state index contributed by atoms with van der Waals surface area (Å²) in [6.07, 6.45) is 0.350. The molecule has 5 heteroatoms. The number of aliphatic hydroxyl groups is 2. The van der Waals surface area contributed by atoms with Crippen LogP contribution in [-0.2, 0) is 9.53 Å². The van der Waals surface area contributed by atoms with Crippen LogP contribution in [0.2, 0.25) is 0 Å². The zero-order valence-electron chi connectivity index (χ0n) is 7.22. The highest BCUT2D eigenvalue weighted by Crippen LogP contribution is 2.09. The number of hydrogen-bond donors (Lipinski definition) is 3. The van der Waals surface area contributed by atoms with Gasteiger partial charge in [0, 0.05) is 0 Å². The Labute approximate surface area is 76.3 Å². The smallest absolute Gasteiger partial charge is 0.313 e. The first kappa shape index (κ1) is 12.1. The number of carboxylic acids is 1. The molecule has 0 aromatic rings. The van der Waals surface area contributed by atoms with E-state index in [1.54, 1.807) is 0 Å². The summed E-state index contributed by atoms with van der Waals surface area (Å²) in [6.45, 7) is 2.71. The molecule has 0 saturated carbocycles. The second kappa shape index (κ2) is 6.59. The van der Waals surface area contributed by atoms with Crippen LogP contribution in [0.1, 0.15) is 0 Å². The van der Waals surface area contributed by atoms with Crippen molar-refractivity contribution in [2.75, 3.05) is 19.8 Å². The van der Waals surface area contributed by atoms with E-state index in [-0.39, 0.29) is 13.2 Å². The van der Waals surface area contributed by atoms with Gasteiger partial charge in [-0.05, 0) is 0 Å². The van der Waals surface area contributed by atoms with Gasteiger partial charge in [-0.2, -0.15) is 0 Å². The minimum Gasteiger partial charge on any atom is -0.481 e. The van der Waals surface area contributed by atoms with Crippen molar-refractivity contribution in [1.82, 2.24) is 0 Å². The molecule has 0 bridgehead atoms. The Hall–Kier alpha value is -0.910. The average Bonchev–Trinajstić information content (AvgIpc) is 2.11. The van der Waals surface area contributed by atoms with Crippen molar-refractivity contribution in [2.45, 2.75) is 6.10 Å². The van der Waals surface area contributed by atoms with E-state index in [1.165, 1.54) is 6.08 Å². The molecule has 0 aliphatic carbocycles. The lowest BCUT2D eigenvalue weighted by atomic mass is 10.0. The highest BCUT2D eigenvalue weighted by molar-refractivity contribution is 5.72. The lowest BCUT2D eigenvalue weighted by molar-refractivity contribution is -0.146. The van der Waals surface area contributed by atoms with E-state index in [9.17, 15) is 4.79 Å². The van der Waals surface area contributed by atoms with E-state index in [0.29, 0.717) is 0 Å². The normalized spacial score (nSPS) is 14.9. The van der Waals surface area contributed by atoms with Crippen molar-refractivity contribution < 1.29 is 24.9 Å². The maximum Gasteiger partial charge on any atom is 0.313 e. The van der Waals surface area contributed by atoms with Crippen LogP contribution in [0.3, 0.4) is 0 Å². The Morgan fingerprint density at radius 3 is 2.46 bits per heavy atom. The fourth-order valence-corrected chi connectivity index (χ4v) is 0.886. The Balaban J connectivity index is 4.16. The molecule has 0 radical (unpaired) electrons. The van der Waals surface area contributed by atoms with Crippen molar-refractivity contribution >= 4 is 5.97 Å². The predicted octanol–water partition coefficient (Wildman–Crippen LogP) is -0.757. The van der Waals surface area contributed by atoms with Gasteiger partial charge in [0.05, 0.1) is 25.9 Å². The van der Waals surface area contributed by atoms with Crippen LogP contribution in [0, 0.1) is 5.92 Å². The molecule has 0 aromatic heterocycles. The molecule has 5 nitrogen and oxygen atoms in total. The number of aliphatic hydroxyl groups excluding tert-OH is 2. The third kappa shape index (κ3) is 4.02. The van der Waals surface area contributed by atoms with E-state index in [1.807, 2.05) is 0 Å². The zero-order valence-corrected chi connectivity index (χ0v) is 7.22. The molecule has 0 fully saturated rings. The van der Waals surface area contributed by atoms with Crippen molar-refractivity contribution in [3.63, 3.8) is 0 Å². The van der Waals surface area contributed by atoms with E-state index in [0.717, 1.165) is 0 Å². The lowest BCUT2D eigenvalue weighted by Crippen LogP contribution is -2.33. The van der Waals surface area contributed by atoms with E-state index < -0.39 is 24.6 Å². The van der Waals surface area contributed by atoms with E-state index in [4.69, 9.17) is 20.1 Å². The molecule has 0 aliphatic heterocycles. The summed E-state index contributed by atoms with van der Waals surface area (Å²) in [6, 6.07) is 0. The molecular formula is C8H14O5. The second-order valence-electron chi connectivity index (χ2n) is 2.42. The molecule has 3 N–H and O–H groups in total. The number of rotatable bonds is 7. The summed E-state index contributed by atoms with van der Waals surface area (Å²) in [7, 11) is 0. The predicted molar refractivity (Wildman–Crippen MR) is 45.2 cm³/mol. The van der Waals surface area contributed by atoms with Gasteiger partial charge in [0.1, 0.15) is 5.92 Å². The molecule has 0 aliphatic rings. The van der Waals surface area contributed by atoms with Gasteiger partial charge in [0.2, 0.25) is 0 Å². The van der Waals surface area contributed by atoms with Gasteiger partial charge in [-0.3, -0.25) is 4.79 Å². The van der Waals surface area contributed by atoms with Gasteiger partial charge in [-0.15, -0.1) is 6.58 Å². The number of ether oxygens (including phenoxy) is 1. The molecule has 0 rings (SSSR count). The minimum absolute atomic E-state index is 0.00282. The third-order valence-corrected chi connectivity index (χ3v) is 1.54. The molecule has 13 heavy (non-hydrogen) atoms. The van der Waals surface area contributed by atoms with Crippen LogP contribution >= 0.6 is 0 Å². The molecule has 2 atom stereocenters. The molecule has 0 amide bonds. The fraction of sp³-hybridized carbons (Fsp3) is 0.625. The number of carboxylic acid groups (broad SMARTS) is 1. The first-order valence-corrected chi connectivity index (χ1v) is 3.86. The average molecular weight is 190 g/mol. The number of hydrogen-bond acceptors (Lipinski definition) is 4. The standard InChI is InChI=1S/C8H14O5/c1-2-6(8(11)12)7(5-10)13-4-3-9/h2,6-7,9-10H,1,3-5H2,(H,11,12). The molecule has 2 unspecified atom stereocenters. The SMILES string of the molecule is C=CC(C(=O)O)C(CO)OCCO. The van der Waals surface area contributed by atoms with Gasteiger partial charge >= 0.3 is 5.97 Å². The molecule has 0 aromatic carbocycles. The third-order valence-electron chi connectivity index (χ3n) is 1.54. The van der Waals surface area contributed by atoms with E-state index in [2.05, 4.69) is 6.58 Å². The minimum atomic E-state index is -1.10. The van der Waals surface area contributed by atoms with Gasteiger partial charge in [0.15, 0.2) is 0 Å². The Morgan fingerprint density at radius 2 is 2.15 bits per heavy atom. The maximum atomic E-state index is 10.6. The Bertz CT molecular complexity index is 168. The van der Waals surface area contributed by atoms with Gasteiger partial charge in [-0.25, -0.2) is 0 Å². The topological polar surface area (TPSA) is 87.0 Å². The second-order valence-corrected chi connectivity index (χ2v) is 2.42. The summed E-state index contributed by atoms with van der Waals surface area (Å²) in [4.78, 5) is 10.6. The van der Waals surface area contributed by atoms with Gasteiger partial charge in [0.25, 0.3) is 0 Å². The molecule has 76 valence electrons. The summed E-state index contributed by atoms with van der Waals surface area (Å²) >= 11 is 0. The number of carbonyl (C=O) groups is 1. The maximum absolute atomic E-state index is 10.6. The highest BCUT2D eigenvalue weighted by atomic mass is 16.5. The summed E-state index contributed by atoms with van der Waals surface area (Å²) in [5.74, 6) is -2.05. The lowest BCUT2D eigenvalue weighted by Gasteiger charge is -2.18. The summed E-state index contributed by atoms with van der Waals surface area (Å²) in [5, 5.41) is 25.9. The Kier molecular flexibility index (Phi) is 6.13. The Morgan fingerprint density at radius 1 is 1.54 bits per heavy atom. The van der Waals surface area contributed by atoms with Crippen molar-refractivity contribution in [2.24, 2.45) is 5.92 Å². The summed E-state index contributed by atoms with van der Waals surface area (Å²) in [5.41, 5.74) is 0. The quantitative estimate of drug-likeness (QED) is 0.459. The van der Waals surface area contributed by atoms with Crippen molar-refractivity contribution in [3.05, 3.63) is 12.7 Å². The van der Waals surface area contributed by atoms with Crippen LogP contribution < -0.4 is 0 Å². The van der Waals surface area contributed by atoms with Crippen LogP contribution in [0.15, 0.2) is 12.7 Å². The van der Waals surface area contributed by atoms with Crippen LogP contribution in [-0.4, -0.2) is 47.2 Å². The van der Waals surface area contributed by atoms with E-state index >= 15 is 0 Å². The van der Waals surface area contributed by atoms with Gasteiger partial charge < -0.3 is 20.1 Å². The van der Waals surface area contributed by atoms with Crippen molar-refractivity contribution in [1.29, 1.82) is 0 Å². The van der Waals surface area contributed by atoms with Crippen molar-refractivity contribution in [3.8, 4) is 0 Å². The number of aliphatic carboxylic acids is 1. The fourth-order valence-electron chi connectivity index (χ4n) is 0.886. The van der Waals surface area contributed by atoms with Gasteiger partial charge in [-0.1, -0.05) is 6.08 Å². The zero-order chi connectivity index (χ0) is 10.3. The summed E-state index contributed by atoms with van der Waals surface area (Å²) < 4.78 is 4.90. The van der Waals surface area contributed by atoms with Crippen LogP contribution in [0.4, 0.5) is 0 Å². The monoisotopic (exact) mass is 190 g/mol. The molecular weight excluding hydrogens is 176 g/mol. The highest BCUT2D eigenvalue weighted by Gasteiger charge is 2.25. The first-order valence-electron chi connectivity index (χ1n) is 3.86. The molecule has 0 heterocycles. The molecule has 0 saturated heterocycles.